The van der Waals surface area contributed by atoms with E-state index in [-0.39, 0.29) is 16.9 Å². The highest BCUT2D eigenvalue weighted by molar-refractivity contribution is 6.32. The summed E-state index contributed by atoms with van der Waals surface area (Å²) in [5, 5.41) is 9.15. The summed E-state index contributed by atoms with van der Waals surface area (Å²) in [6, 6.07) is -0.680. The van der Waals surface area contributed by atoms with Gasteiger partial charge >= 0.3 is 6.09 Å². The number of hydrogen-bond donors (Lipinski definition) is 1. The summed E-state index contributed by atoms with van der Waals surface area (Å²) in [7, 11) is 1.51. The fraction of sp³-hybridized carbons (Fsp3) is 0.455. The normalized spacial score (nSPS) is 18.4. The predicted octanol–water partition coefficient (Wildman–Crippen LogP) is 1.24. The Kier molecular flexibility index (Phi) is 3.84. The van der Waals surface area contributed by atoms with Crippen LogP contribution in [0.25, 0.3) is 0 Å². The number of carbonyl (C=O) groups excluding carboxylic acids is 1. The van der Waals surface area contributed by atoms with E-state index < -0.39 is 12.1 Å². The van der Waals surface area contributed by atoms with Crippen molar-refractivity contribution in [3.05, 3.63) is 17.5 Å². The van der Waals surface area contributed by atoms with E-state index in [4.69, 9.17) is 16.7 Å². The molecular formula is C11H13ClN4O3. The van der Waals surface area contributed by atoms with Crippen LogP contribution in [0.3, 0.4) is 0 Å². The number of nitrogens with zero attached hydrogens (tertiary/aromatic N) is 4. The number of carbonyl (C=O) groups is 2. The number of aromatic nitrogens is 2. The maximum absolute atomic E-state index is 12.3. The number of hydrogen-bond acceptors (Lipinski definition) is 4. The molecule has 0 unspecified atom stereocenters. The van der Waals surface area contributed by atoms with E-state index in [0.717, 1.165) is 4.90 Å². The van der Waals surface area contributed by atoms with E-state index in [1.807, 2.05) is 0 Å². The minimum absolute atomic E-state index is 0.109. The van der Waals surface area contributed by atoms with Gasteiger partial charge in [0.1, 0.15) is 6.04 Å². The molecule has 0 aliphatic carbocycles. The molecule has 0 spiro atoms. The van der Waals surface area contributed by atoms with Gasteiger partial charge in [-0.25, -0.2) is 14.8 Å². The van der Waals surface area contributed by atoms with Crippen molar-refractivity contribution in [3.63, 3.8) is 0 Å². The maximum atomic E-state index is 12.3. The molecule has 1 fully saturated rings. The maximum Gasteiger partial charge on any atom is 0.407 e. The second-order valence-electron chi connectivity index (χ2n) is 4.20. The van der Waals surface area contributed by atoms with Crippen molar-refractivity contribution in [1.29, 1.82) is 0 Å². The van der Waals surface area contributed by atoms with Crippen molar-refractivity contribution < 1.29 is 14.7 Å². The quantitative estimate of drug-likeness (QED) is 0.883. The molecule has 8 heteroatoms. The molecule has 0 saturated carbocycles. The zero-order valence-electron chi connectivity index (χ0n) is 10.3. The van der Waals surface area contributed by atoms with Gasteiger partial charge in [0.2, 0.25) is 0 Å². The highest BCUT2D eigenvalue weighted by Gasteiger charge is 2.36. The lowest BCUT2D eigenvalue weighted by Gasteiger charge is -2.25. The molecule has 19 heavy (non-hydrogen) atoms. The van der Waals surface area contributed by atoms with Gasteiger partial charge in [0.05, 0.1) is 0 Å². The monoisotopic (exact) mass is 284 g/mol. The lowest BCUT2D eigenvalue weighted by atomic mass is 10.2. The molecule has 2 heterocycles. The molecular weight excluding hydrogens is 272 g/mol. The topological polar surface area (TPSA) is 86.6 Å². The molecule has 0 aromatic carbocycles. The third-order valence-corrected chi connectivity index (χ3v) is 3.33. The van der Waals surface area contributed by atoms with Crippen LogP contribution in [-0.2, 0) is 4.79 Å². The van der Waals surface area contributed by atoms with Crippen molar-refractivity contribution in [2.75, 3.05) is 18.5 Å². The Morgan fingerprint density at radius 1 is 1.47 bits per heavy atom. The Morgan fingerprint density at radius 2 is 2.16 bits per heavy atom. The van der Waals surface area contributed by atoms with Gasteiger partial charge in [0.15, 0.2) is 11.0 Å². The molecule has 1 saturated heterocycles. The van der Waals surface area contributed by atoms with Crippen LogP contribution in [0.2, 0.25) is 5.15 Å². The van der Waals surface area contributed by atoms with Crippen LogP contribution in [0.1, 0.15) is 12.8 Å². The Labute approximate surface area is 114 Å². The first-order chi connectivity index (χ1) is 9.02. The zero-order chi connectivity index (χ0) is 14.0. The summed E-state index contributed by atoms with van der Waals surface area (Å²) >= 11 is 5.87. The molecule has 1 N–H and O–H groups in total. The Balaban J connectivity index is 2.20. The Morgan fingerprint density at radius 3 is 2.79 bits per heavy atom. The zero-order valence-corrected chi connectivity index (χ0v) is 11.0. The molecule has 2 amide bonds. The molecule has 1 aromatic rings. The largest absolute Gasteiger partial charge is 0.465 e. The third-order valence-electron chi connectivity index (χ3n) is 3.07. The number of carboxylic acid groups (broad SMARTS) is 1. The third kappa shape index (κ3) is 2.60. The van der Waals surface area contributed by atoms with Gasteiger partial charge in [-0.05, 0) is 12.8 Å². The molecule has 0 radical (unpaired) electrons. The summed E-state index contributed by atoms with van der Waals surface area (Å²) in [6.45, 7) is 0.369. The summed E-state index contributed by atoms with van der Waals surface area (Å²) in [5.41, 5.74) is 0. The minimum Gasteiger partial charge on any atom is -0.465 e. The second-order valence-corrected chi connectivity index (χ2v) is 4.56. The van der Waals surface area contributed by atoms with Gasteiger partial charge < -0.3 is 5.11 Å². The molecule has 0 bridgehead atoms. The van der Waals surface area contributed by atoms with Gasteiger partial charge in [-0.15, -0.1) is 0 Å². The van der Waals surface area contributed by atoms with Crippen molar-refractivity contribution in [3.8, 4) is 0 Å². The van der Waals surface area contributed by atoms with Gasteiger partial charge in [0.25, 0.3) is 5.91 Å². The number of amides is 2. The molecule has 102 valence electrons. The van der Waals surface area contributed by atoms with Crippen molar-refractivity contribution in [2.45, 2.75) is 18.9 Å². The molecule has 7 nitrogen and oxygen atoms in total. The first-order valence-electron chi connectivity index (χ1n) is 5.76. The standard InChI is InChI=1S/C11H13ClN4O3/c1-15(9-8(12)13-4-5-14-9)10(17)7-3-2-6-16(7)11(18)19/h4-5,7H,2-3,6H2,1H3,(H,18,19)/t7-/m0/s1. The molecule has 1 aliphatic heterocycles. The lowest BCUT2D eigenvalue weighted by Crippen LogP contribution is -2.46. The smallest absolute Gasteiger partial charge is 0.407 e. The highest BCUT2D eigenvalue weighted by Crippen LogP contribution is 2.24. The molecule has 1 atom stereocenters. The van der Waals surface area contributed by atoms with Gasteiger partial charge in [-0.1, -0.05) is 11.6 Å². The predicted molar refractivity (Wildman–Crippen MR) is 68.2 cm³/mol. The van der Waals surface area contributed by atoms with Crippen molar-refractivity contribution >= 4 is 29.4 Å². The lowest BCUT2D eigenvalue weighted by molar-refractivity contribution is -0.122. The van der Waals surface area contributed by atoms with Crippen LogP contribution in [0, 0.1) is 0 Å². The van der Waals surface area contributed by atoms with E-state index in [9.17, 15) is 9.59 Å². The SMILES string of the molecule is CN(C(=O)[C@@H]1CCCN1C(=O)O)c1nccnc1Cl. The number of halogens is 1. The number of likely N-dealkylation sites (N-methyl/N-ethyl adjacent to an activating group) is 1. The highest BCUT2D eigenvalue weighted by atomic mass is 35.5. The summed E-state index contributed by atoms with van der Waals surface area (Å²) < 4.78 is 0. The van der Waals surface area contributed by atoms with Crippen LogP contribution >= 0.6 is 11.6 Å². The van der Waals surface area contributed by atoms with Gasteiger partial charge in [0, 0.05) is 26.0 Å². The summed E-state index contributed by atoms with van der Waals surface area (Å²) in [4.78, 5) is 33.6. The molecule has 2 rings (SSSR count). The van der Waals surface area contributed by atoms with Gasteiger partial charge in [-0.2, -0.15) is 0 Å². The number of anilines is 1. The second kappa shape index (κ2) is 5.40. The summed E-state index contributed by atoms with van der Waals surface area (Å²) in [6.07, 6.45) is 2.94. The van der Waals surface area contributed by atoms with Crippen LogP contribution < -0.4 is 4.90 Å². The first kappa shape index (κ1) is 13.5. The fourth-order valence-corrected chi connectivity index (χ4v) is 2.35. The minimum atomic E-state index is -1.09. The Hall–Kier alpha value is -1.89. The van der Waals surface area contributed by atoms with Crippen molar-refractivity contribution in [2.24, 2.45) is 0 Å². The van der Waals surface area contributed by atoms with E-state index in [1.165, 1.54) is 24.3 Å². The van der Waals surface area contributed by atoms with E-state index in [1.54, 1.807) is 0 Å². The van der Waals surface area contributed by atoms with Crippen LogP contribution in [0.15, 0.2) is 12.4 Å². The summed E-state index contributed by atoms with van der Waals surface area (Å²) in [5.74, 6) is -0.117. The Bertz CT molecular complexity index is 510. The molecule has 1 aromatic heterocycles. The number of likely N-dealkylation sites (tertiary alicyclic amines) is 1. The van der Waals surface area contributed by atoms with Crippen LogP contribution in [0.4, 0.5) is 10.6 Å². The average molecular weight is 285 g/mol. The molecule has 1 aliphatic rings. The van der Waals surface area contributed by atoms with E-state index in [2.05, 4.69) is 9.97 Å². The van der Waals surface area contributed by atoms with Crippen LogP contribution in [-0.4, -0.2) is 51.6 Å². The first-order valence-corrected chi connectivity index (χ1v) is 6.14. The van der Waals surface area contributed by atoms with Gasteiger partial charge in [-0.3, -0.25) is 14.6 Å². The number of rotatable bonds is 2. The van der Waals surface area contributed by atoms with Crippen molar-refractivity contribution in [1.82, 2.24) is 14.9 Å². The van der Waals surface area contributed by atoms with E-state index >= 15 is 0 Å². The average Bonchev–Trinajstić information content (AvgIpc) is 2.87. The van der Waals surface area contributed by atoms with E-state index in [0.29, 0.717) is 19.4 Å². The fourth-order valence-electron chi connectivity index (χ4n) is 2.12. The van der Waals surface area contributed by atoms with Crippen LogP contribution in [0.5, 0.6) is 0 Å².